The number of rotatable bonds is 10. The highest BCUT2D eigenvalue weighted by Crippen LogP contribution is 2.48. The van der Waals surface area contributed by atoms with Gasteiger partial charge in [-0.1, -0.05) is 25.1 Å². The van der Waals surface area contributed by atoms with Crippen molar-refractivity contribution in [3.8, 4) is 5.75 Å². The first-order valence-electron chi connectivity index (χ1n) is 11.5. The number of para-hydroxylation sites is 1. The van der Waals surface area contributed by atoms with E-state index in [0.717, 1.165) is 0 Å². The second-order valence-corrected chi connectivity index (χ2v) is 10.3. The Morgan fingerprint density at radius 3 is 2.78 bits per heavy atom. The Kier molecular flexibility index (Phi) is 7.62. The summed E-state index contributed by atoms with van der Waals surface area (Å²) >= 11 is 0. The van der Waals surface area contributed by atoms with Gasteiger partial charge in [-0.3, -0.25) is 9.32 Å². The molecular weight excluding hydrogens is 489 g/mol. The molecule has 0 saturated carbocycles. The molecule has 0 aliphatic carbocycles. The van der Waals surface area contributed by atoms with Crippen molar-refractivity contribution in [3.05, 3.63) is 54.5 Å². The standard InChI is InChI=1S/C23H30N5O7P/c1-4-32-20(29)12-27-36(31,35-16-8-6-5-7-9-16)33-13-18-21(30)15(2)23(3,34-18)19-11-10-17-22(24)25-14-26-28(17)19/h5-11,14-15,18,21,30H,4,12-13H2,1-3H3,(H,27,31)(H2,24,25,26)/t15-,18+,21-,23+,36?/m0/s1. The number of aliphatic hydroxyl groups is 1. The van der Waals surface area contributed by atoms with Crippen molar-refractivity contribution in [2.24, 2.45) is 5.92 Å². The Labute approximate surface area is 208 Å². The van der Waals surface area contributed by atoms with Crippen LogP contribution >= 0.6 is 7.75 Å². The summed E-state index contributed by atoms with van der Waals surface area (Å²) < 4.78 is 37.5. The summed E-state index contributed by atoms with van der Waals surface area (Å²) in [4.78, 5) is 15.8. The normalized spacial score (nSPS) is 25.5. The molecule has 3 aromatic rings. The maximum Gasteiger partial charge on any atom is 0.459 e. The quantitative estimate of drug-likeness (QED) is 0.266. The minimum absolute atomic E-state index is 0.175. The fourth-order valence-electron chi connectivity index (χ4n) is 4.16. The zero-order valence-electron chi connectivity index (χ0n) is 20.2. The first kappa shape index (κ1) is 26.1. The molecule has 194 valence electrons. The molecule has 4 N–H and O–H groups in total. The summed E-state index contributed by atoms with van der Waals surface area (Å²) in [5.41, 5.74) is 6.28. The van der Waals surface area contributed by atoms with Gasteiger partial charge in [0.1, 0.15) is 35.8 Å². The van der Waals surface area contributed by atoms with Gasteiger partial charge >= 0.3 is 13.7 Å². The van der Waals surface area contributed by atoms with Crippen LogP contribution in [-0.4, -0.2) is 57.6 Å². The zero-order chi connectivity index (χ0) is 25.9. The number of benzene rings is 1. The Morgan fingerprint density at radius 2 is 2.06 bits per heavy atom. The third-order valence-electron chi connectivity index (χ3n) is 6.25. The molecule has 0 bridgehead atoms. The number of hydrogen-bond donors (Lipinski definition) is 3. The van der Waals surface area contributed by atoms with Crippen molar-refractivity contribution >= 4 is 25.1 Å². The van der Waals surface area contributed by atoms with E-state index in [1.807, 2.05) is 19.9 Å². The molecule has 1 saturated heterocycles. The van der Waals surface area contributed by atoms with E-state index in [4.69, 9.17) is 24.3 Å². The van der Waals surface area contributed by atoms with Crippen LogP contribution in [0.1, 0.15) is 26.5 Å². The highest BCUT2D eigenvalue weighted by Gasteiger charge is 2.52. The fourth-order valence-corrected chi connectivity index (χ4v) is 5.44. The lowest BCUT2D eigenvalue weighted by Gasteiger charge is -2.28. The monoisotopic (exact) mass is 519 g/mol. The van der Waals surface area contributed by atoms with Gasteiger partial charge in [0.15, 0.2) is 5.82 Å². The van der Waals surface area contributed by atoms with Gasteiger partial charge in [0.05, 0.1) is 25.0 Å². The molecular formula is C23H30N5O7P. The minimum Gasteiger partial charge on any atom is -0.465 e. The lowest BCUT2D eigenvalue weighted by atomic mass is 9.85. The Hall–Kier alpha value is -3.02. The fraction of sp³-hybridized carbons (Fsp3) is 0.435. The molecule has 36 heavy (non-hydrogen) atoms. The van der Waals surface area contributed by atoms with Crippen LogP contribution in [-0.2, 0) is 29.0 Å². The lowest BCUT2D eigenvalue weighted by molar-refractivity contribution is -0.141. The molecule has 1 aromatic carbocycles. The van der Waals surface area contributed by atoms with E-state index in [1.165, 1.54) is 6.33 Å². The van der Waals surface area contributed by atoms with Crippen molar-refractivity contribution in [2.45, 2.75) is 38.6 Å². The first-order chi connectivity index (χ1) is 17.2. The molecule has 2 aromatic heterocycles. The highest BCUT2D eigenvalue weighted by molar-refractivity contribution is 7.52. The van der Waals surface area contributed by atoms with E-state index in [0.29, 0.717) is 17.0 Å². The van der Waals surface area contributed by atoms with Crippen LogP contribution in [0.25, 0.3) is 5.52 Å². The average Bonchev–Trinajstić information content (AvgIpc) is 3.40. The summed E-state index contributed by atoms with van der Waals surface area (Å²) in [6.07, 6.45) is -0.472. The van der Waals surface area contributed by atoms with E-state index >= 15 is 0 Å². The van der Waals surface area contributed by atoms with Crippen molar-refractivity contribution in [1.82, 2.24) is 19.7 Å². The molecule has 5 atom stereocenters. The van der Waals surface area contributed by atoms with Gasteiger partial charge in [-0.25, -0.2) is 19.2 Å². The van der Waals surface area contributed by atoms with Crippen LogP contribution < -0.4 is 15.3 Å². The maximum absolute atomic E-state index is 13.5. The van der Waals surface area contributed by atoms with Gasteiger partial charge in [0.25, 0.3) is 0 Å². The largest absolute Gasteiger partial charge is 0.465 e. The molecule has 1 unspecified atom stereocenters. The number of nitrogen functional groups attached to an aromatic ring is 1. The molecule has 1 aliphatic rings. The average molecular weight is 519 g/mol. The van der Waals surface area contributed by atoms with E-state index < -0.39 is 38.1 Å². The van der Waals surface area contributed by atoms with Crippen molar-refractivity contribution in [1.29, 1.82) is 0 Å². The van der Waals surface area contributed by atoms with E-state index in [9.17, 15) is 14.5 Å². The SMILES string of the molecule is CCOC(=O)CNP(=O)(OC[C@H]1O[C@@](C)(c2ccc3c(N)ncnn23)[C@@H](C)[C@@H]1O)Oc1ccccc1. The summed E-state index contributed by atoms with van der Waals surface area (Å²) in [6, 6.07) is 12.0. The number of carbonyl (C=O) groups is 1. The third kappa shape index (κ3) is 5.23. The van der Waals surface area contributed by atoms with Gasteiger partial charge in [-0.05, 0) is 38.1 Å². The second kappa shape index (κ2) is 10.5. The number of anilines is 1. The van der Waals surface area contributed by atoms with Gasteiger partial charge in [-0.15, -0.1) is 0 Å². The summed E-state index contributed by atoms with van der Waals surface area (Å²) in [5.74, 6) is -0.405. The Morgan fingerprint density at radius 1 is 1.31 bits per heavy atom. The molecule has 4 rings (SSSR count). The Bertz CT molecular complexity index is 1260. The zero-order valence-corrected chi connectivity index (χ0v) is 21.1. The van der Waals surface area contributed by atoms with Crippen LogP contribution in [0.15, 0.2) is 48.8 Å². The minimum atomic E-state index is -4.05. The van der Waals surface area contributed by atoms with Crippen molar-refractivity contribution in [2.75, 3.05) is 25.5 Å². The molecule has 1 aliphatic heterocycles. The smallest absolute Gasteiger partial charge is 0.459 e. The molecule has 13 heteroatoms. The first-order valence-corrected chi connectivity index (χ1v) is 13.1. The molecule has 0 spiro atoms. The van der Waals surface area contributed by atoms with Crippen LogP contribution in [0, 0.1) is 5.92 Å². The summed E-state index contributed by atoms with van der Waals surface area (Å²) in [6.45, 7) is 4.85. The number of hydrogen-bond acceptors (Lipinski definition) is 10. The van der Waals surface area contributed by atoms with Crippen LogP contribution in [0.3, 0.4) is 0 Å². The number of aromatic nitrogens is 3. The van der Waals surface area contributed by atoms with Crippen LogP contribution in [0.4, 0.5) is 5.82 Å². The van der Waals surface area contributed by atoms with E-state index in [1.54, 1.807) is 47.8 Å². The summed E-state index contributed by atoms with van der Waals surface area (Å²) in [7, 11) is -4.05. The number of nitrogens with two attached hydrogens (primary N) is 1. The molecule has 0 radical (unpaired) electrons. The van der Waals surface area contributed by atoms with Crippen LogP contribution in [0.5, 0.6) is 5.75 Å². The van der Waals surface area contributed by atoms with E-state index in [2.05, 4.69) is 15.2 Å². The number of aliphatic hydroxyl groups excluding tert-OH is 1. The van der Waals surface area contributed by atoms with Gasteiger partial charge in [0.2, 0.25) is 0 Å². The third-order valence-corrected chi connectivity index (χ3v) is 7.73. The Balaban J connectivity index is 1.52. The number of nitrogens with zero attached hydrogens (tertiary/aromatic N) is 3. The molecule has 0 amide bonds. The maximum atomic E-state index is 13.5. The van der Waals surface area contributed by atoms with Gasteiger partial charge < -0.3 is 24.8 Å². The van der Waals surface area contributed by atoms with Gasteiger partial charge in [-0.2, -0.15) is 5.10 Å². The topological polar surface area (TPSA) is 160 Å². The van der Waals surface area contributed by atoms with E-state index in [-0.39, 0.29) is 24.9 Å². The summed E-state index contributed by atoms with van der Waals surface area (Å²) in [5, 5.41) is 17.8. The van der Waals surface area contributed by atoms with Crippen LogP contribution in [0.2, 0.25) is 0 Å². The predicted octanol–water partition coefficient (Wildman–Crippen LogP) is 2.28. The van der Waals surface area contributed by atoms with Crippen molar-refractivity contribution in [3.63, 3.8) is 0 Å². The number of fused-ring (bicyclic) bond motifs is 1. The number of nitrogens with one attached hydrogen (secondary N) is 1. The number of esters is 1. The molecule has 1 fully saturated rings. The van der Waals surface area contributed by atoms with Gasteiger partial charge in [0, 0.05) is 5.92 Å². The lowest BCUT2D eigenvalue weighted by Crippen LogP contribution is -2.32. The number of carbonyl (C=O) groups excluding carboxylic acids is 1. The molecule has 12 nitrogen and oxygen atoms in total. The second-order valence-electron chi connectivity index (χ2n) is 8.54. The predicted molar refractivity (Wildman–Crippen MR) is 130 cm³/mol. The highest BCUT2D eigenvalue weighted by atomic mass is 31.2. The van der Waals surface area contributed by atoms with Crippen molar-refractivity contribution < 1.29 is 33.0 Å². The number of ether oxygens (including phenoxy) is 2. The molecule has 3 heterocycles.